The molecule has 0 aromatic heterocycles. The normalized spacial score (nSPS) is 14.1. The van der Waals surface area contributed by atoms with E-state index in [1.807, 2.05) is 50.2 Å². The van der Waals surface area contributed by atoms with Gasteiger partial charge in [-0.1, -0.05) is 41.9 Å². The highest BCUT2D eigenvalue weighted by Gasteiger charge is 2.35. The van der Waals surface area contributed by atoms with Crippen LogP contribution in [-0.2, 0) is 9.59 Å². The van der Waals surface area contributed by atoms with E-state index < -0.39 is 5.91 Å². The number of halogens is 1. The monoisotopic (exact) mass is 566 g/mol. The zero-order chi connectivity index (χ0) is 27.9. The second-order valence-electron chi connectivity index (χ2n) is 8.69. The lowest BCUT2D eigenvalue weighted by Gasteiger charge is -2.15. The van der Waals surface area contributed by atoms with E-state index in [0.717, 1.165) is 33.5 Å². The van der Waals surface area contributed by atoms with Crippen molar-refractivity contribution in [2.75, 3.05) is 32.2 Å². The van der Waals surface area contributed by atoms with Crippen LogP contribution < -0.4 is 19.5 Å². The third kappa shape index (κ3) is 7.13. The molecule has 4 rings (SSSR count). The van der Waals surface area contributed by atoms with Crippen LogP contribution in [0.3, 0.4) is 0 Å². The van der Waals surface area contributed by atoms with E-state index in [9.17, 15) is 14.4 Å². The minimum absolute atomic E-state index is 0.122. The molecule has 0 spiro atoms. The average molecular weight is 567 g/mol. The van der Waals surface area contributed by atoms with Gasteiger partial charge in [0.15, 0.2) is 18.1 Å². The number of anilines is 1. The van der Waals surface area contributed by atoms with Crippen molar-refractivity contribution in [3.05, 3.63) is 87.3 Å². The summed E-state index contributed by atoms with van der Waals surface area (Å²) >= 11 is 7.28. The van der Waals surface area contributed by atoms with E-state index in [1.54, 1.807) is 30.3 Å². The molecule has 39 heavy (non-hydrogen) atoms. The molecule has 0 saturated carbocycles. The number of carbonyl (C=O) groups excluding carboxylic acids is 3. The van der Waals surface area contributed by atoms with Gasteiger partial charge in [0.25, 0.3) is 17.1 Å². The minimum atomic E-state index is -0.414. The number of nitrogens with zero attached hydrogens (tertiary/aromatic N) is 1. The number of hydrogen-bond acceptors (Lipinski definition) is 7. The van der Waals surface area contributed by atoms with Crippen molar-refractivity contribution in [1.82, 2.24) is 4.90 Å². The SMILES string of the molecule is COc1cc(/C=C2\SC(=O)N(CCOc3cc(C)ccc3C)C2=O)cc(Cl)c1OCC(=O)Nc1ccccc1. The van der Waals surface area contributed by atoms with Gasteiger partial charge in [0.2, 0.25) is 0 Å². The number of nitrogens with one attached hydrogen (secondary N) is 1. The first-order valence-corrected chi connectivity index (χ1v) is 13.2. The standard InChI is InChI=1S/C29H27ClN2O6S/c1-18-9-10-19(2)23(13-18)37-12-11-32-28(34)25(39-29(32)35)16-20-14-22(30)27(24(15-20)36-3)38-17-26(33)31-21-7-5-4-6-8-21/h4-10,13-16H,11-12,17H2,1-3H3,(H,31,33)/b25-16-. The number of carbonyl (C=O) groups is 3. The summed E-state index contributed by atoms with van der Waals surface area (Å²) in [5.41, 5.74) is 3.22. The quantitative estimate of drug-likeness (QED) is 0.296. The number of amides is 3. The van der Waals surface area contributed by atoms with E-state index in [2.05, 4.69) is 5.32 Å². The number of thioether (sulfide) groups is 1. The Kier molecular flexibility index (Phi) is 9.16. The summed E-state index contributed by atoms with van der Waals surface area (Å²) in [7, 11) is 1.44. The predicted molar refractivity (Wildman–Crippen MR) is 153 cm³/mol. The summed E-state index contributed by atoms with van der Waals surface area (Å²) in [6, 6.07) is 18.1. The third-order valence-electron chi connectivity index (χ3n) is 5.74. The smallest absolute Gasteiger partial charge is 0.293 e. The minimum Gasteiger partial charge on any atom is -0.493 e. The Labute approximate surface area is 235 Å². The molecular formula is C29H27ClN2O6S. The average Bonchev–Trinajstić information content (AvgIpc) is 3.17. The van der Waals surface area contributed by atoms with Crippen molar-refractivity contribution in [1.29, 1.82) is 0 Å². The first-order valence-electron chi connectivity index (χ1n) is 12.1. The molecule has 1 aliphatic rings. The van der Waals surface area contributed by atoms with Crippen LogP contribution in [0.2, 0.25) is 5.02 Å². The number of aryl methyl sites for hydroxylation is 2. The highest BCUT2D eigenvalue weighted by molar-refractivity contribution is 8.18. The Morgan fingerprint density at radius 1 is 1.03 bits per heavy atom. The molecule has 3 amide bonds. The Hall–Kier alpha value is -3.95. The van der Waals surface area contributed by atoms with Gasteiger partial charge in [-0.05, 0) is 78.7 Å². The lowest BCUT2D eigenvalue weighted by atomic mass is 10.1. The van der Waals surface area contributed by atoms with Gasteiger partial charge in [-0.25, -0.2) is 0 Å². The van der Waals surface area contributed by atoms with Crippen LogP contribution in [0.4, 0.5) is 10.5 Å². The van der Waals surface area contributed by atoms with Gasteiger partial charge in [-0.2, -0.15) is 0 Å². The maximum absolute atomic E-state index is 12.9. The van der Waals surface area contributed by atoms with Crippen LogP contribution >= 0.6 is 23.4 Å². The number of hydrogen-bond donors (Lipinski definition) is 1. The van der Waals surface area contributed by atoms with Gasteiger partial charge in [-0.15, -0.1) is 0 Å². The van der Waals surface area contributed by atoms with E-state index >= 15 is 0 Å². The fourth-order valence-corrected chi connectivity index (χ4v) is 4.91. The number of ether oxygens (including phenoxy) is 3. The molecule has 1 aliphatic heterocycles. The number of imide groups is 1. The first-order chi connectivity index (χ1) is 18.7. The number of rotatable bonds is 10. The number of para-hydroxylation sites is 1. The van der Waals surface area contributed by atoms with Gasteiger partial charge < -0.3 is 19.5 Å². The molecule has 1 heterocycles. The van der Waals surface area contributed by atoms with E-state index in [0.29, 0.717) is 11.3 Å². The summed E-state index contributed by atoms with van der Waals surface area (Å²) in [4.78, 5) is 39.2. The fraction of sp³-hybridized carbons (Fsp3) is 0.207. The maximum atomic E-state index is 12.9. The van der Waals surface area contributed by atoms with Crippen molar-refractivity contribution >= 4 is 52.2 Å². The summed E-state index contributed by atoms with van der Waals surface area (Å²) < 4.78 is 16.9. The lowest BCUT2D eigenvalue weighted by molar-refractivity contribution is -0.123. The highest BCUT2D eigenvalue weighted by atomic mass is 35.5. The van der Waals surface area contributed by atoms with Crippen molar-refractivity contribution in [3.8, 4) is 17.2 Å². The molecule has 0 unspecified atom stereocenters. The maximum Gasteiger partial charge on any atom is 0.293 e. The Bertz CT molecular complexity index is 1430. The molecule has 202 valence electrons. The molecule has 10 heteroatoms. The molecule has 0 aliphatic carbocycles. The largest absolute Gasteiger partial charge is 0.493 e. The van der Waals surface area contributed by atoms with Crippen LogP contribution in [0.1, 0.15) is 16.7 Å². The molecule has 8 nitrogen and oxygen atoms in total. The number of benzene rings is 3. The molecule has 1 fully saturated rings. The molecule has 0 bridgehead atoms. The number of methoxy groups -OCH3 is 1. The second kappa shape index (κ2) is 12.7. The second-order valence-corrected chi connectivity index (χ2v) is 10.1. The molecule has 0 radical (unpaired) electrons. The van der Waals surface area contributed by atoms with Crippen LogP contribution in [0, 0.1) is 13.8 Å². The Balaban J connectivity index is 1.40. The van der Waals surface area contributed by atoms with Gasteiger partial charge in [0, 0.05) is 5.69 Å². The Morgan fingerprint density at radius 2 is 1.79 bits per heavy atom. The molecule has 3 aromatic rings. The third-order valence-corrected chi connectivity index (χ3v) is 6.93. The van der Waals surface area contributed by atoms with Crippen molar-refractivity contribution in [2.45, 2.75) is 13.8 Å². The van der Waals surface area contributed by atoms with E-state index in [-0.39, 0.29) is 52.3 Å². The van der Waals surface area contributed by atoms with E-state index in [1.165, 1.54) is 7.11 Å². The van der Waals surface area contributed by atoms with Gasteiger partial charge in [0.05, 0.1) is 23.6 Å². The van der Waals surface area contributed by atoms with E-state index in [4.69, 9.17) is 25.8 Å². The summed E-state index contributed by atoms with van der Waals surface area (Å²) in [6.45, 7) is 3.92. The Morgan fingerprint density at radius 3 is 2.54 bits per heavy atom. The molecule has 1 N–H and O–H groups in total. The van der Waals surface area contributed by atoms with Crippen LogP contribution in [0.15, 0.2) is 65.6 Å². The zero-order valence-electron chi connectivity index (χ0n) is 21.7. The van der Waals surface area contributed by atoms with Crippen LogP contribution in [0.25, 0.3) is 6.08 Å². The topological polar surface area (TPSA) is 94.2 Å². The molecule has 3 aromatic carbocycles. The molecule has 1 saturated heterocycles. The highest BCUT2D eigenvalue weighted by Crippen LogP contribution is 2.39. The molecule has 0 atom stereocenters. The fourth-order valence-electron chi connectivity index (χ4n) is 3.77. The summed E-state index contributed by atoms with van der Waals surface area (Å²) in [6.07, 6.45) is 1.57. The van der Waals surface area contributed by atoms with Crippen LogP contribution in [-0.4, -0.2) is 48.8 Å². The van der Waals surface area contributed by atoms with Crippen molar-refractivity contribution < 1.29 is 28.6 Å². The van der Waals surface area contributed by atoms with Gasteiger partial charge >= 0.3 is 0 Å². The van der Waals surface area contributed by atoms with Crippen molar-refractivity contribution in [2.24, 2.45) is 0 Å². The van der Waals surface area contributed by atoms with Gasteiger partial charge in [-0.3, -0.25) is 19.3 Å². The van der Waals surface area contributed by atoms with Crippen molar-refractivity contribution in [3.63, 3.8) is 0 Å². The lowest BCUT2D eigenvalue weighted by Crippen LogP contribution is -2.32. The zero-order valence-corrected chi connectivity index (χ0v) is 23.2. The first kappa shape index (κ1) is 28.1. The van der Waals surface area contributed by atoms with Crippen LogP contribution in [0.5, 0.6) is 17.2 Å². The van der Waals surface area contributed by atoms with Gasteiger partial charge in [0.1, 0.15) is 12.4 Å². The predicted octanol–water partition coefficient (Wildman–Crippen LogP) is 6.10. The summed E-state index contributed by atoms with van der Waals surface area (Å²) in [5, 5.41) is 2.54. The summed E-state index contributed by atoms with van der Waals surface area (Å²) in [5.74, 6) is 0.416. The molecular weight excluding hydrogens is 540 g/mol.